The average molecular weight is 347 g/mol. The number of hydrogen-bond donors (Lipinski definition) is 1. The number of nitrogens with one attached hydrogen (secondary N) is 1. The summed E-state index contributed by atoms with van der Waals surface area (Å²) >= 11 is 14.6. The molecule has 0 aromatic heterocycles. The first kappa shape index (κ1) is 17.4. The van der Waals surface area contributed by atoms with E-state index in [0.717, 1.165) is 25.1 Å². The van der Waals surface area contributed by atoms with Crippen molar-refractivity contribution in [3.05, 3.63) is 33.8 Å². The quantitative estimate of drug-likeness (QED) is 0.817. The Hall–Kier alpha value is 0.0700. The van der Waals surface area contributed by atoms with Gasteiger partial charge in [0.2, 0.25) is 0 Å². The molecule has 1 saturated heterocycles. The van der Waals surface area contributed by atoms with Crippen LogP contribution < -0.4 is 5.32 Å². The fourth-order valence-corrected chi connectivity index (χ4v) is 4.31. The van der Waals surface area contributed by atoms with Crippen molar-refractivity contribution < 1.29 is 0 Å². The van der Waals surface area contributed by atoms with Crippen LogP contribution in [0.15, 0.2) is 18.2 Å². The molecule has 0 aliphatic carbocycles. The highest BCUT2D eigenvalue weighted by atomic mass is 35.5. The summed E-state index contributed by atoms with van der Waals surface area (Å²) in [6.07, 6.45) is 1.06. The minimum atomic E-state index is 0.267. The van der Waals surface area contributed by atoms with Crippen molar-refractivity contribution in [2.75, 3.05) is 31.1 Å². The van der Waals surface area contributed by atoms with Crippen molar-refractivity contribution in [2.24, 2.45) is 0 Å². The lowest BCUT2D eigenvalue weighted by atomic mass is 10.0. The highest BCUT2D eigenvalue weighted by Gasteiger charge is 2.21. The van der Waals surface area contributed by atoms with Crippen molar-refractivity contribution >= 4 is 35.0 Å². The highest BCUT2D eigenvalue weighted by molar-refractivity contribution is 7.99. The summed E-state index contributed by atoms with van der Waals surface area (Å²) in [5, 5.41) is 4.87. The van der Waals surface area contributed by atoms with Crippen LogP contribution in [0.5, 0.6) is 0 Å². The molecule has 2 rings (SSSR count). The summed E-state index contributed by atoms with van der Waals surface area (Å²) in [5.41, 5.74) is 1.12. The summed E-state index contributed by atoms with van der Waals surface area (Å²) in [6.45, 7) is 7.67. The van der Waals surface area contributed by atoms with E-state index in [1.165, 1.54) is 18.1 Å². The standard InChI is InChI=1S/C16H24Cl2N2S/c1-3-19-15(13-5-4-6-14(17)16(13)18)7-8-20-9-10-21-11-12(20)2/h4-6,12,15,19H,3,7-11H2,1-2H3. The third-order valence-corrected chi connectivity index (χ3v) is 6.04. The molecule has 21 heavy (non-hydrogen) atoms. The van der Waals surface area contributed by atoms with Crippen LogP contribution in [0, 0.1) is 0 Å². The maximum atomic E-state index is 6.39. The highest BCUT2D eigenvalue weighted by Crippen LogP contribution is 2.31. The van der Waals surface area contributed by atoms with Gasteiger partial charge in [-0.15, -0.1) is 0 Å². The Balaban J connectivity index is 2.03. The summed E-state index contributed by atoms with van der Waals surface area (Å²) in [5.74, 6) is 2.48. The summed E-state index contributed by atoms with van der Waals surface area (Å²) in [7, 11) is 0. The van der Waals surface area contributed by atoms with Gasteiger partial charge in [-0.05, 0) is 31.5 Å². The molecule has 118 valence electrons. The van der Waals surface area contributed by atoms with Gasteiger partial charge < -0.3 is 5.32 Å². The summed E-state index contributed by atoms with van der Waals surface area (Å²) in [6, 6.07) is 6.84. The van der Waals surface area contributed by atoms with Crippen LogP contribution >= 0.6 is 35.0 Å². The number of nitrogens with zero attached hydrogens (tertiary/aromatic N) is 1. The van der Waals surface area contributed by atoms with Gasteiger partial charge in [0.1, 0.15) is 0 Å². The smallest absolute Gasteiger partial charge is 0.0640 e. The van der Waals surface area contributed by atoms with Crippen LogP contribution in [0.3, 0.4) is 0 Å². The molecule has 1 aromatic carbocycles. The van der Waals surface area contributed by atoms with Gasteiger partial charge in [0.15, 0.2) is 0 Å². The van der Waals surface area contributed by atoms with E-state index in [9.17, 15) is 0 Å². The van der Waals surface area contributed by atoms with Gasteiger partial charge in [-0.1, -0.05) is 42.3 Å². The topological polar surface area (TPSA) is 15.3 Å². The molecule has 1 N–H and O–H groups in total. The van der Waals surface area contributed by atoms with Crippen molar-refractivity contribution in [2.45, 2.75) is 32.4 Å². The van der Waals surface area contributed by atoms with Crippen LogP contribution in [-0.4, -0.2) is 42.1 Å². The van der Waals surface area contributed by atoms with Crippen LogP contribution in [0.25, 0.3) is 0 Å². The van der Waals surface area contributed by atoms with Gasteiger partial charge in [-0.3, -0.25) is 4.90 Å². The van der Waals surface area contributed by atoms with E-state index < -0.39 is 0 Å². The lowest BCUT2D eigenvalue weighted by molar-refractivity contribution is 0.219. The first-order valence-corrected chi connectivity index (χ1v) is 9.53. The van der Waals surface area contributed by atoms with Gasteiger partial charge in [-0.25, -0.2) is 0 Å². The number of benzene rings is 1. The fraction of sp³-hybridized carbons (Fsp3) is 0.625. The monoisotopic (exact) mass is 346 g/mol. The molecule has 1 fully saturated rings. The second-order valence-electron chi connectivity index (χ2n) is 5.50. The molecule has 0 bridgehead atoms. The Labute approximate surface area is 142 Å². The second-order valence-corrected chi connectivity index (χ2v) is 7.44. The third kappa shape index (κ3) is 4.77. The largest absolute Gasteiger partial charge is 0.310 e. The molecule has 1 aliphatic rings. The molecular formula is C16H24Cl2N2S. The number of thioether (sulfide) groups is 1. The minimum Gasteiger partial charge on any atom is -0.310 e. The molecule has 1 aromatic rings. The van der Waals surface area contributed by atoms with E-state index in [2.05, 4.69) is 41.9 Å². The minimum absolute atomic E-state index is 0.267. The Morgan fingerprint density at radius 2 is 2.24 bits per heavy atom. The molecular weight excluding hydrogens is 323 g/mol. The van der Waals surface area contributed by atoms with Gasteiger partial charge in [0.05, 0.1) is 10.0 Å². The summed E-state index contributed by atoms with van der Waals surface area (Å²) < 4.78 is 0. The molecule has 0 radical (unpaired) electrons. The van der Waals surface area contributed by atoms with Crippen molar-refractivity contribution in [3.63, 3.8) is 0 Å². The lowest BCUT2D eigenvalue weighted by Crippen LogP contribution is -2.41. The Bertz CT molecular complexity index is 456. The van der Waals surface area contributed by atoms with Gasteiger partial charge in [-0.2, -0.15) is 11.8 Å². The van der Waals surface area contributed by atoms with Crippen LogP contribution in [-0.2, 0) is 0 Å². The van der Waals surface area contributed by atoms with Crippen molar-refractivity contribution in [3.8, 4) is 0 Å². The maximum Gasteiger partial charge on any atom is 0.0640 e. The Morgan fingerprint density at radius 1 is 1.43 bits per heavy atom. The Kier molecular flexibility index (Phi) is 7.17. The molecule has 2 unspecified atom stereocenters. The molecule has 2 nitrogen and oxygen atoms in total. The van der Waals surface area contributed by atoms with E-state index >= 15 is 0 Å². The van der Waals surface area contributed by atoms with E-state index in [4.69, 9.17) is 23.2 Å². The second kappa shape index (κ2) is 8.64. The van der Waals surface area contributed by atoms with Gasteiger partial charge in [0.25, 0.3) is 0 Å². The predicted molar refractivity (Wildman–Crippen MR) is 95.9 cm³/mol. The zero-order valence-corrected chi connectivity index (χ0v) is 15.1. The lowest BCUT2D eigenvalue weighted by Gasteiger charge is -2.34. The van der Waals surface area contributed by atoms with Gasteiger partial charge in [0, 0.05) is 36.7 Å². The normalized spacial score (nSPS) is 21.4. The van der Waals surface area contributed by atoms with Crippen molar-refractivity contribution in [1.82, 2.24) is 10.2 Å². The summed E-state index contributed by atoms with van der Waals surface area (Å²) in [4.78, 5) is 2.58. The molecule has 0 spiro atoms. The van der Waals surface area contributed by atoms with E-state index in [1.54, 1.807) is 0 Å². The number of hydrogen-bond acceptors (Lipinski definition) is 3. The molecule has 1 aliphatic heterocycles. The van der Waals surface area contributed by atoms with E-state index in [1.807, 2.05) is 12.1 Å². The first-order chi connectivity index (χ1) is 10.1. The number of halogens is 2. The SMILES string of the molecule is CCNC(CCN1CCSCC1C)c1cccc(Cl)c1Cl. The third-order valence-electron chi connectivity index (χ3n) is 4.02. The number of rotatable bonds is 6. The fourth-order valence-electron chi connectivity index (χ4n) is 2.79. The molecule has 5 heteroatoms. The van der Waals surface area contributed by atoms with Crippen LogP contribution in [0.1, 0.15) is 31.9 Å². The Morgan fingerprint density at radius 3 is 2.95 bits per heavy atom. The van der Waals surface area contributed by atoms with Crippen molar-refractivity contribution in [1.29, 1.82) is 0 Å². The molecule has 0 amide bonds. The van der Waals surface area contributed by atoms with E-state index in [0.29, 0.717) is 16.1 Å². The zero-order valence-electron chi connectivity index (χ0n) is 12.7. The molecule has 2 atom stereocenters. The molecule has 0 saturated carbocycles. The zero-order chi connectivity index (χ0) is 15.2. The van der Waals surface area contributed by atoms with E-state index in [-0.39, 0.29) is 6.04 Å². The average Bonchev–Trinajstić information content (AvgIpc) is 2.48. The molecule has 1 heterocycles. The van der Waals surface area contributed by atoms with Gasteiger partial charge >= 0.3 is 0 Å². The van der Waals surface area contributed by atoms with Crippen LogP contribution in [0.2, 0.25) is 10.0 Å². The predicted octanol–water partition coefficient (Wildman–Crippen LogP) is 4.47. The van der Waals surface area contributed by atoms with Crippen LogP contribution in [0.4, 0.5) is 0 Å². The first-order valence-electron chi connectivity index (χ1n) is 7.62. The maximum absolute atomic E-state index is 6.39.